The lowest BCUT2D eigenvalue weighted by Crippen LogP contribution is -2.31. The summed E-state index contributed by atoms with van der Waals surface area (Å²) in [5.41, 5.74) is 6.40. The molecule has 1 amide bonds. The lowest BCUT2D eigenvalue weighted by molar-refractivity contribution is -0.130. The molecule has 0 spiro atoms. The molecule has 0 radical (unpaired) electrons. The van der Waals surface area contributed by atoms with Crippen LogP contribution in [0.3, 0.4) is 0 Å². The van der Waals surface area contributed by atoms with Gasteiger partial charge in [-0.05, 0) is 32.1 Å². The zero-order valence-electron chi connectivity index (χ0n) is 12.6. The van der Waals surface area contributed by atoms with Crippen molar-refractivity contribution >= 4 is 18.1 Å². The summed E-state index contributed by atoms with van der Waals surface area (Å²) in [4.78, 5) is 22.1. The maximum Gasteiger partial charge on any atom is 0.244 e. The normalized spacial score (nSPS) is 20.6. The monoisotopic (exact) mass is 303 g/mol. The summed E-state index contributed by atoms with van der Waals surface area (Å²) in [6, 6.07) is 0.0896. The maximum absolute atomic E-state index is 12.0. The van der Waals surface area contributed by atoms with E-state index in [1.807, 2.05) is 11.1 Å². The molecule has 1 unspecified atom stereocenters. The molecule has 0 aromatic carbocycles. The Morgan fingerprint density at radius 1 is 1.36 bits per heavy atom. The number of aryl methyl sites for hydroxylation is 1. The summed E-state index contributed by atoms with van der Waals surface area (Å²) in [6.07, 6.45) is 8.49. The molecule has 0 bridgehead atoms. The highest BCUT2D eigenvalue weighted by Crippen LogP contribution is 2.10. The Kier molecular flexibility index (Phi) is 4.45. The smallest absolute Gasteiger partial charge is 0.244 e. The van der Waals surface area contributed by atoms with Crippen molar-refractivity contribution in [3.63, 3.8) is 0 Å². The van der Waals surface area contributed by atoms with Gasteiger partial charge in [-0.1, -0.05) is 5.21 Å². The first-order valence-electron chi connectivity index (χ1n) is 7.75. The second kappa shape index (κ2) is 6.67. The molecule has 2 N–H and O–H groups in total. The number of aromatic nitrogens is 3. The largest absolute Gasteiger partial charge is 0.368 e. The number of nitrogens with two attached hydrogens (primary N) is 1. The molecule has 8 nitrogen and oxygen atoms in total. The van der Waals surface area contributed by atoms with E-state index in [0.29, 0.717) is 5.96 Å². The molecule has 2 aliphatic rings. The van der Waals surface area contributed by atoms with Gasteiger partial charge in [0.2, 0.25) is 11.9 Å². The highest BCUT2D eigenvalue weighted by Gasteiger charge is 2.18. The van der Waals surface area contributed by atoms with Gasteiger partial charge in [0, 0.05) is 25.5 Å². The van der Waals surface area contributed by atoms with Gasteiger partial charge in [-0.2, -0.15) is 0 Å². The zero-order chi connectivity index (χ0) is 15.4. The number of amides is 1. The number of likely N-dealkylation sites (tertiary alicyclic amines) is 1. The predicted molar refractivity (Wildman–Crippen MR) is 82.7 cm³/mol. The average Bonchev–Trinajstić information content (AvgIpc) is 3.21. The summed E-state index contributed by atoms with van der Waals surface area (Å²) >= 11 is 0. The number of carbonyl (C=O) groups excluding carboxylic acids is 1. The van der Waals surface area contributed by atoms with Crippen molar-refractivity contribution in [1.29, 1.82) is 0 Å². The van der Waals surface area contributed by atoms with Crippen molar-refractivity contribution in [3.05, 3.63) is 11.9 Å². The van der Waals surface area contributed by atoms with Gasteiger partial charge < -0.3 is 10.6 Å². The third kappa shape index (κ3) is 3.69. The van der Waals surface area contributed by atoms with Crippen molar-refractivity contribution < 1.29 is 4.79 Å². The van der Waals surface area contributed by atoms with E-state index in [1.165, 1.54) is 0 Å². The fourth-order valence-corrected chi connectivity index (χ4v) is 2.77. The topological polar surface area (TPSA) is 102 Å². The molecule has 1 aromatic rings. The predicted octanol–water partition coefficient (Wildman–Crippen LogP) is -0.00910. The molecule has 1 aromatic heterocycles. The fraction of sp³-hybridized carbons (Fsp3) is 0.643. The van der Waals surface area contributed by atoms with Crippen LogP contribution in [-0.2, 0) is 17.8 Å². The third-order valence-corrected chi connectivity index (χ3v) is 3.95. The van der Waals surface area contributed by atoms with Crippen LogP contribution in [0.5, 0.6) is 0 Å². The molecule has 2 aliphatic heterocycles. The third-order valence-electron chi connectivity index (χ3n) is 3.95. The molecule has 22 heavy (non-hydrogen) atoms. The van der Waals surface area contributed by atoms with Crippen molar-refractivity contribution in [1.82, 2.24) is 19.9 Å². The second-order valence-electron chi connectivity index (χ2n) is 5.72. The van der Waals surface area contributed by atoms with Gasteiger partial charge in [0.15, 0.2) is 0 Å². The van der Waals surface area contributed by atoms with Gasteiger partial charge in [-0.25, -0.2) is 14.7 Å². The van der Waals surface area contributed by atoms with Crippen LogP contribution < -0.4 is 5.73 Å². The van der Waals surface area contributed by atoms with E-state index in [9.17, 15) is 4.79 Å². The van der Waals surface area contributed by atoms with Crippen molar-refractivity contribution in [3.8, 4) is 0 Å². The van der Waals surface area contributed by atoms with E-state index in [2.05, 4.69) is 20.3 Å². The summed E-state index contributed by atoms with van der Waals surface area (Å²) < 4.78 is 1.63. The van der Waals surface area contributed by atoms with E-state index in [4.69, 9.17) is 5.73 Å². The van der Waals surface area contributed by atoms with Crippen LogP contribution >= 0.6 is 0 Å². The Balaban J connectivity index is 1.43. The minimum Gasteiger partial charge on any atom is -0.368 e. The van der Waals surface area contributed by atoms with E-state index in [1.54, 1.807) is 10.9 Å². The van der Waals surface area contributed by atoms with Crippen molar-refractivity contribution in [2.24, 2.45) is 15.7 Å². The minimum absolute atomic E-state index is 0.0896. The highest BCUT2D eigenvalue weighted by molar-refractivity contribution is 5.93. The van der Waals surface area contributed by atoms with Crippen LogP contribution in [0.1, 0.15) is 31.4 Å². The van der Waals surface area contributed by atoms with Crippen LogP contribution in [0, 0.1) is 0 Å². The number of aliphatic imine (C=N–C) groups is 2. The van der Waals surface area contributed by atoms with Gasteiger partial charge in [-0.15, -0.1) is 5.10 Å². The van der Waals surface area contributed by atoms with E-state index < -0.39 is 0 Å². The van der Waals surface area contributed by atoms with Crippen LogP contribution in [0.25, 0.3) is 0 Å². The van der Waals surface area contributed by atoms with Gasteiger partial charge in [0.05, 0.1) is 11.7 Å². The molecule has 1 saturated heterocycles. The second-order valence-corrected chi connectivity index (χ2v) is 5.72. The quantitative estimate of drug-likeness (QED) is 0.798. The lowest BCUT2D eigenvalue weighted by Gasteiger charge is -2.14. The first kappa shape index (κ1) is 14.7. The van der Waals surface area contributed by atoms with Crippen LogP contribution in [-0.4, -0.2) is 57.1 Å². The molecular weight excluding hydrogens is 282 g/mol. The van der Waals surface area contributed by atoms with Crippen LogP contribution in [0.2, 0.25) is 0 Å². The number of carbonyl (C=O) groups is 1. The van der Waals surface area contributed by atoms with Crippen molar-refractivity contribution in [2.45, 2.75) is 44.7 Å². The van der Waals surface area contributed by atoms with Gasteiger partial charge in [0.1, 0.15) is 6.54 Å². The summed E-state index contributed by atoms with van der Waals surface area (Å²) in [5.74, 6) is 0.484. The molecule has 1 atom stereocenters. The first-order valence-corrected chi connectivity index (χ1v) is 7.75. The van der Waals surface area contributed by atoms with Gasteiger partial charge in [-0.3, -0.25) is 4.79 Å². The molecule has 118 valence electrons. The molecule has 0 saturated carbocycles. The van der Waals surface area contributed by atoms with Crippen LogP contribution in [0.4, 0.5) is 0 Å². The highest BCUT2D eigenvalue weighted by atomic mass is 16.2. The average molecular weight is 303 g/mol. The van der Waals surface area contributed by atoms with E-state index >= 15 is 0 Å². The molecular formula is C14H21N7O. The standard InChI is InChI=1S/C14H21N7O/c15-14-16-8-11(17-14)4-3-5-12-9-21(19-18-12)10-13(22)20-6-1-2-7-20/h8-9,11H,1-7,10H2,(H2,15,17). The number of nitrogens with zero attached hydrogens (tertiary/aromatic N) is 6. The Bertz CT molecular complexity index is 586. The van der Waals surface area contributed by atoms with Gasteiger partial charge >= 0.3 is 0 Å². The van der Waals surface area contributed by atoms with E-state index in [-0.39, 0.29) is 18.5 Å². The molecule has 1 fully saturated rings. The SMILES string of the molecule is NC1=NC(CCCc2cn(CC(=O)N3CCCC3)nn2)C=N1. The molecule has 3 rings (SSSR count). The molecule has 3 heterocycles. The van der Waals surface area contributed by atoms with Crippen LogP contribution in [0.15, 0.2) is 16.2 Å². The van der Waals surface area contributed by atoms with E-state index in [0.717, 1.165) is 50.9 Å². The fourth-order valence-electron chi connectivity index (χ4n) is 2.77. The number of guanidine groups is 1. The Morgan fingerprint density at radius 3 is 2.91 bits per heavy atom. The zero-order valence-corrected chi connectivity index (χ0v) is 12.6. The summed E-state index contributed by atoms with van der Waals surface area (Å²) in [6.45, 7) is 2.02. The van der Waals surface area contributed by atoms with Gasteiger partial charge in [0.25, 0.3) is 0 Å². The minimum atomic E-state index is 0.0896. The summed E-state index contributed by atoms with van der Waals surface area (Å²) in [7, 11) is 0. The Morgan fingerprint density at radius 2 is 2.18 bits per heavy atom. The Labute approximate surface area is 129 Å². The maximum atomic E-state index is 12.0. The first-order chi connectivity index (χ1) is 10.7. The Hall–Kier alpha value is -2.25. The summed E-state index contributed by atoms with van der Waals surface area (Å²) in [5, 5.41) is 8.16. The molecule has 0 aliphatic carbocycles. The lowest BCUT2D eigenvalue weighted by atomic mass is 10.1. The number of hydrogen-bond acceptors (Lipinski definition) is 6. The number of rotatable bonds is 6. The number of hydrogen-bond donors (Lipinski definition) is 1. The molecule has 8 heteroatoms. The van der Waals surface area contributed by atoms with Crippen molar-refractivity contribution in [2.75, 3.05) is 13.1 Å².